The van der Waals surface area contributed by atoms with Gasteiger partial charge < -0.3 is 9.84 Å². The topological polar surface area (TPSA) is 46.5 Å². The summed E-state index contributed by atoms with van der Waals surface area (Å²) in [7, 11) is 0. The minimum absolute atomic E-state index is 0.296. The Kier molecular flexibility index (Phi) is 2.22. The Labute approximate surface area is 102 Å². The predicted molar refractivity (Wildman–Crippen MR) is 63.3 cm³/mol. The van der Waals surface area contributed by atoms with Crippen molar-refractivity contribution in [3.05, 3.63) is 12.2 Å². The van der Waals surface area contributed by atoms with Gasteiger partial charge in [-0.05, 0) is 50.9 Å². The summed E-state index contributed by atoms with van der Waals surface area (Å²) in [5.74, 6) is 0.786. The van der Waals surface area contributed by atoms with Crippen LogP contribution in [0.1, 0.15) is 45.4 Å². The van der Waals surface area contributed by atoms with Crippen LogP contribution in [-0.2, 0) is 9.53 Å². The average molecular weight is 236 g/mol. The summed E-state index contributed by atoms with van der Waals surface area (Å²) in [6.45, 7) is 5.31. The van der Waals surface area contributed by atoms with Crippen LogP contribution in [0.15, 0.2) is 12.2 Å². The lowest BCUT2D eigenvalue weighted by Gasteiger charge is -2.59. The monoisotopic (exact) mass is 236 g/mol. The Balaban J connectivity index is 1.83. The van der Waals surface area contributed by atoms with Crippen LogP contribution < -0.4 is 0 Å². The van der Waals surface area contributed by atoms with Gasteiger partial charge in [-0.1, -0.05) is 6.58 Å². The summed E-state index contributed by atoms with van der Waals surface area (Å²) in [5, 5.41) is 10.5. The van der Waals surface area contributed by atoms with Crippen LogP contribution in [0, 0.1) is 11.8 Å². The smallest absolute Gasteiger partial charge is 0.333 e. The van der Waals surface area contributed by atoms with Gasteiger partial charge in [0.05, 0.1) is 5.60 Å². The molecule has 4 aliphatic carbocycles. The Morgan fingerprint density at radius 2 is 1.88 bits per heavy atom. The summed E-state index contributed by atoms with van der Waals surface area (Å²) in [4.78, 5) is 11.7. The van der Waals surface area contributed by atoms with Gasteiger partial charge in [-0.3, -0.25) is 0 Å². The molecular weight excluding hydrogens is 216 g/mol. The molecule has 0 unspecified atom stereocenters. The minimum Gasteiger partial charge on any atom is -0.456 e. The zero-order chi connectivity index (χ0) is 12.3. The molecule has 0 heterocycles. The van der Waals surface area contributed by atoms with Crippen molar-refractivity contribution in [1.82, 2.24) is 0 Å². The molecule has 0 saturated heterocycles. The first kappa shape index (κ1) is 11.3. The molecule has 1 N–H and O–H groups in total. The van der Waals surface area contributed by atoms with E-state index in [2.05, 4.69) is 6.58 Å². The van der Waals surface area contributed by atoms with Crippen LogP contribution in [0.25, 0.3) is 0 Å². The third kappa shape index (κ3) is 1.81. The number of hydrogen-bond donors (Lipinski definition) is 1. The van der Waals surface area contributed by atoms with Gasteiger partial charge in [0.2, 0.25) is 0 Å². The van der Waals surface area contributed by atoms with Crippen LogP contribution in [-0.4, -0.2) is 22.3 Å². The summed E-state index contributed by atoms with van der Waals surface area (Å²) in [6.07, 6.45) is 5.50. The van der Waals surface area contributed by atoms with Crippen LogP contribution in [0.5, 0.6) is 0 Å². The highest BCUT2D eigenvalue weighted by atomic mass is 16.6. The van der Waals surface area contributed by atoms with Crippen LogP contribution in [0.2, 0.25) is 0 Å². The van der Waals surface area contributed by atoms with Gasteiger partial charge in [0.15, 0.2) is 0 Å². The summed E-state index contributed by atoms with van der Waals surface area (Å²) in [5.41, 5.74) is -0.512. The molecule has 4 saturated carbocycles. The summed E-state index contributed by atoms with van der Waals surface area (Å²) >= 11 is 0. The highest BCUT2D eigenvalue weighted by Crippen LogP contribution is 2.58. The maximum absolute atomic E-state index is 11.7. The molecular formula is C14H20O3. The third-order valence-electron chi connectivity index (χ3n) is 4.63. The first-order valence-corrected chi connectivity index (χ1v) is 6.51. The lowest BCUT2D eigenvalue weighted by Crippen LogP contribution is -2.60. The molecule has 0 aromatic carbocycles. The van der Waals surface area contributed by atoms with Gasteiger partial charge in [0.1, 0.15) is 5.60 Å². The van der Waals surface area contributed by atoms with Gasteiger partial charge in [-0.2, -0.15) is 0 Å². The Hall–Kier alpha value is -0.830. The quantitative estimate of drug-likeness (QED) is 0.590. The molecule has 0 amide bonds. The van der Waals surface area contributed by atoms with Gasteiger partial charge in [0.25, 0.3) is 0 Å². The van der Waals surface area contributed by atoms with Crippen molar-refractivity contribution in [2.45, 2.75) is 56.7 Å². The molecule has 0 aromatic rings. The zero-order valence-corrected chi connectivity index (χ0v) is 10.4. The van der Waals surface area contributed by atoms with Gasteiger partial charge >= 0.3 is 5.97 Å². The first-order valence-electron chi connectivity index (χ1n) is 6.51. The highest BCUT2D eigenvalue weighted by Gasteiger charge is 2.59. The van der Waals surface area contributed by atoms with E-state index in [-0.39, 0.29) is 5.97 Å². The minimum atomic E-state index is -0.570. The number of rotatable bonds is 2. The highest BCUT2D eigenvalue weighted by molar-refractivity contribution is 5.87. The van der Waals surface area contributed by atoms with E-state index < -0.39 is 11.2 Å². The molecule has 3 heteroatoms. The molecule has 0 radical (unpaired) electrons. The second-order valence-corrected chi connectivity index (χ2v) is 6.54. The van der Waals surface area contributed by atoms with E-state index in [9.17, 15) is 9.90 Å². The van der Waals surface area contributed by atoms with Crippen LogP contribution in [0.3, 0.4) is 0 Å². The second-order valence-electron chi connectivity index (χ2n) is 6.54. The van der Waals surface area contributed by atoms with Crippen molar-refractivity contribution in [2.24, 2.45) is 11.8 Å². The molecule has 2 atom stereocenters. The van der Waals surface area contributed by atoms with Crippen molar-refractivity contribution in [3.63, 3.8) is 0 Å². The second kappa shape index (κ2) is 3.35. The van der Waals surface area contributed by atoms with Crippen molar-refractivity contribution < 1.29 is 14.6 Å². The predicted octanol–water partition coefficient (Wildman–Crippen LogP) is 2.19. The third-order valence-corrected chi connectivity index (χ3v) is 4.63. The van der Waals surface area contributed by atoms with E-state index >= 15 is 0 Å². The normalized spacial score (nSPS) is 46.9. The van der Waals surface area contributed by atoms with E-state index in [4.69, 9.17) is 4.74 Å². The van der Waals surface area contributed by atoms with E-state index in [1.807, 2.05) is 0 Å². The molecule has 17 heavy (non-hydrogen) atoms. The molecule has 4 bridgehead atoms. The largest absolute Gasteiger partial charge is 0.456 e. The molecule has 0 aromatic heterocycles. The van der Waals surface area contributed by atoms with Crippen molar-refractivity contribution in [2.75, 3.05) is 0 Å². The number of carbonyl (C=O) groups is 1. The van der Waals surface area contributed by atoms with Gasteiger partial charge in [-0.25, -0.2) is 4.79 Å². The maximum atomic E-state index is 11.7. The Bertz CT molecular complexity index is 371. The van der Waals surface area contributed by atoms with E-state index in [0.29, 0.717) is 23.8 Å². The average Bonchev–Trinajstić information content (AvgIpc) is 2.11. The van der Waals surface area contributed by atoms with Crippen LogP contribution in [0.4, 0.5) is 0 Å². The number of ether oxygens (including phenoxy) is 1. The molecule has 3 nitrogen and oxygen atoms in total. The maximum Gasteiger partial charge on any atom is 0.333 e. The Morgan fingerprint density at radius 1 is 1.29 bits per heavy atom. The zero-order valence-electron chi connectivity index (χ0n) is 10.4. The number of esters is 1. The lowest BCUT2D eigenvalue weighted by molar-refractivity contribution is -0.217. The fourth-order valence-corrected chi connectivity index (χ4v) is 4.53. The van der Waals surface area contributed by atoms with Gasteiger partial charge in [-0.15, -0.1) is 0 Å². The Morgan fingerprint density at radius 3 is 2.35 bits per heavy atom. The molecule has 4 fully saturated rings. The van der Waals surface area contributed by atoms with E-state index in [1.54, 1.807) is 6.92 Å². The SMILES string of the molecule is C=C(C)C(=O)OC12C[C@@H]3C[C@H](CC(O)(C3)C1)C2. The standard InChI is InChI=1S/C14H20O3/c1-9(2)12(15)17-14-6-10-3-11(7-14)5-13(16,4-10)8-14/h10-11,16H,1,3-8H2,2H3/t10-,11-,13?,14?/m1/s1. The fourth-order valence-electron chi connectivity index (χ4n) is 4.53. The van der Waals surface area contributed by atoms with Crippen molar-refractivity contribution in [1.29, 1.82) is 0 Å². The number of aliphatic hydroxyl groups is 1. The van der Waals surface area contributed by atoms with Gasteiger partial charge in [0, 0.05) is 12.0 Å². The molecule has 0 spiro atoms. The summed E-state index contributed by atoms with van der Waals surface area (Å²) < 4.78 is 5.68. The summed E-state index contributed by atoms with van der Waals surface area (Å²) in [6, 6.07) is 0. The van der Waals surface area contributed by atoms with Crippen molar-refractivity contribution >= 4 is 5.97 Å². The lowest BCUT2D eigenvalue weighted by atomic mass is 9.52. The fraction of sp³-hybridized carbons (Fsp3) is 0.786. The van der Waals surface area contributed by atoms with Crippen molar-refractivity contribution in [3.8, 4) is 0 Å². The van der Waals surface area contributed by atoms with E-state index in [1.165, 1.54) is 6.42 Å². The molecule has 4 rings (SSSR count). The number of carbonyl (C=O) groups excluding carboxylic acids is 1. The molecule has 0 aliphatic heterocycles. The molecule has 4 aliphatic rings. The van der Waals surface area contributed by atoms with E-state index in [0.717, 1.165) is 25.7 Å². The number of hydrogen-bond acceptors (Lipinski definition) is 3. The molecule has 94 valence electrons. The first-order chi connectivity index (χ1) is 7.90. The van der Waals surface area contributed by atoms with Crippen LogP contribution >= 0.6 is 0 Å².